The summed E-state index contributed by atoms with van der Waals surface area (Å²) in [6.45, 7) is 1.95. The summed E-state index contributed by atoms with van der Waals surface area (Å²) in [5.41, 5.74) is 6.83. The second kappa shape index (κ2) is 6.68. The quantitative estimate of drug-likeness (QED) is 0.822. The minimum Gasteiger partial charge on any atom is -0.454 e. The van der Waals surface area contributed by atoms with Gasteiger partial charge in [0.1, 0.15) is 16.5 Å². The normalized spacial score (nSPS) is 12.2. The highest BCUT2D eigenvalue weighted by atomic mass is 35.5. The van der Waals surface area contributed by atoms with Gasteiger partial charge in [-0.2, -0.15) is 0 Å². The van der Waals surface area contributed by atoms with Gasteiger partial charge in [-0.1, -0.05) is 46.9 Å². The van der Waals surface area contributed by atoms with Crippen LogP contribution < -0.4 is 10.5 Å². The fourth-order valence-corrected chi connectivity index (χ4v) is 2.38. The van der Waals surface area contributed by atoms with Gasteiger partial charge in [-0.25, -0.2) is 0 Å². The Morgan fingerprint density at radius 3 is 2.45 bits per heavy atom. The lowest BCUT2D eigenvalue weighted by Crippen LogP contribution is -2.17. The molecule has 2 nitrogen and oxygen atoms in total. The van der Waals surface area contributed by atoms with Gasteiger partial charge >= 0.3 is 0 Å². The fraction of sp³-hybridized carbons (Fsp3) is 0.200. The zero-order chi connectivity index (χ0) is 14.7. The van der Waals surface area contributed by atoms with Crippen LogP contribution in [0.15, 0.2) is 36.4 Å². The number of hydrogen-bond acceptors (Lipinski definition) is 2. The molecule has 0 aliphatic heterocycles. The first kappa shape index (κ1) is 15.5. The van der Waals surface area contributed by atoms with Crippen LogP contribution in [0.5, 0.6) is 11.5 Å². The number of ether oxygens (including phenoxy) is 1. The summed E-state index contributed by atoms with van der Waals surface area (Å²) in [5, 5.41) is 1.32. The molecule has 106 valence electrons. The molecule has 1 atom stereocenters. The van der Waals surface area contributed by atoms with Crippen molar-refractivity contribution in [2.24, 2.45) is 5.73 Å². The van der Waals surface area contributed by atoms with Gasteiger partial charge < -0.3 is 10.5 Å². The van der Waals surface area contributed by atoms with Crippen LogP contribution in [0, 0.1) is 0 Å². The average Bonchev–Trinajstić information content (AvgIpc) is 2.37. The van der Waals surface area contributed by atoms with E-state index in [1.807, 2.05) is 19.1 Å². The highest BCUT2D eigenvalue weighted by Crippen LogP contribution is 2.37. The van der Waals surface area contributed by atoms with Crippen molar-refractivity contribution in [1.29, 1.82) is 0 Å². The van der Waals surface area contributed by atoms with Crippen LogP contribution in [0.2, 0.25) is 15.1 Å². The molecule has 0 amide bonds. The van der Waals surface area contributed by atoms with Crippen molar-refractivity contribution in [2.75, 3.05) is 0 Å². The van der Waals surface area contributed by atoms with Gasteiger partial charge in [0.05, 0.1) is 10.0 Å². The lowest BCUT2D eigenvalue weighted by Gasteiger charge is -2.12. The minimum atomic E-state index is 0.0835. The van der Waals surface area contributed by atoms with Crippen LogP contribution in [0.3, 0.4) is 0 Å². The zero-order valence-corrected chi connectivity index (χ0v) is 13.1. The highest BCUT2D eigenvalue weighted by Gasteiger charge is 2.10. The van der Waals surface area contributed by atoms with E-state index in [1.54, 1.807) is 24.3 Å². The number of nitrogens with two attached hydrogens (primary N) is 1. The van der Waals surface area contributed by atoms with Crippen molar-refractivity contribution < 1.29 is 4.74 Å². The smallest absolute Gasteiger partial charge is 0.147 e. The zero-order valence-electron chi connectivity index (χ0n) is 10.9. The van der Waals surface area contributed by atoms with Gasteiger partial charge in [0, 0.05) is 6.04 Å². The summed E-state index contributed by atoms with van der Waals surface area (Å²) in [6.07, 6.45) is 0.762. The van der Waals surface area contributed by atoms with E-state index in [4.69, 9.17) is 45.3 Å². The summed E-state index contributed by atoms with van der Waals surface area (Å²) in [6, 6.07) is 10.9. The van der Waals surface area contributed by atoms with Crippen LogP contribution in [-0.4, -0.2) is 6.04 Å². The van der Waals surface area contributed by atoms with Gasteiger partial charge in [-0.05, 0) is 43.2 Å². The lowest BCUT2D eigenvalue weighted by molar-refractivity contribution is 0.483. The van der Waals surface area contributed by atoms with Gasteiger partial charge in [0.25, 0.3) is 0 Å². The molecule has 5 heteroatoms. The second-order valence-electron chi connectivity index (χ2n) is 4.60. The van der Waals surface area contributed by atoms with Crippen molar-refractivity contribution in [3.63, 3.8) is 0 Å². The van der Waals surface area contributed by atoms with Crippen molar-refractivity contribution in [3.8, 4) is 11.5 Å². The van der Waals surface area contributed by atoms with Gasteiger partial charge in [0.2, 0.25) is 0 Å². The maximum atomic E-state index is 6.21. The van der Waals surface area contributed by atoms with Crippen molar-refractivity contribution in [3.05, 3.63) is 57.0 Å². The number of rotatable bonds is 4. The maximum absolute atomic E-state index is 6.21. The Bertz CT molecular complexity index is 614. The Morgan fingerprint density at radius 2 is 1.80 bits per heavy atom. The summed E-state index contributed by atoms with van der Waals surface area (Å²) < 4.78 is 5.70. The summed E-state index contributed by atoms with van der Waals surface area (Å²) in [5.74, 6) is 1.00. The van der Waals surface area contributed by atoms with E-state index in [0.717, 1.165) is 12.0 Å². The molecular weight excluding hydrogens is 317 g/mol. The molecule has 0 bridgehead atoms. The molecule has 0 aliphatic carbocycles. The molecule has 0 saturated heterocycles. The summed E-state index contributed by atoms with van der Waals surface area (Å²) >= 11 is 18.2. The predicted molar refractivity (Wildman–Crippen MR) is 85.3 cm³/mol. The largest absolute Gasteiger partial charge is 0.454 e. The molecule has 2 rings (SSSR count). The molecule has 0 aromatic heterocycles. The molecule has 2 aromatic carbocycles. The van der Waals surface area contributed by atoms with Crippen LogP contribution in [0.25, 0.3) is 0 Å². The van der Waals surface area contributed by atoms with Crippen LogP contribution in [0.4, 0.5) is 0 Å². The Hall–Kier alpha value is -0.930. The minimum absolute atomic E-state index is 0.0835. The van der Waals surface area contributed by atoms with E-state index in [0.29, 0.717) is 26.6 Å². The molecule has 20 heavy (non-hydrogen) atoms. The lowest BCUT2D eigenvalue weighted by atomic mass is 10.1. The van der Waals surface area contributed by atoms with Crippen molar-refractivity contribution in [1.82, 2.24) is 0 Å². The van der Waals surface area contributed by atoms with E-state index in [9.17, 15) is 0 Å². The standard InChI is InChI=1S/C15H14Cl3NO/c1-9(19)7-10-5-6-13(12(17)8-10)20-14-4-2-3-11(16)15(14)18/h2-6,8-9H,7,19H2,1H3. The van der Waals surface area contributed by atoms with Crippen molar-refractivity contribution in [2.45, 2.75) is 19.4 Å². The molecule has 0 spiro atoms. The first-order valence-electron chi connectivity index (χ1n) is 6.13. The number of halogens is 3. The molecule has 0 heterocycles. The Morgan fingerprint density at radius 1 is 1.05 bits per heavy atom. The Balaban J connectivity index is 2.24. The first-order chi connectivity index (χ1) is 9.47. The van der Waals surface area contributed by atoms with Crippen LogP contribution in [-0.2, 0) is 6.42 Å². The van der Waals surface area contributed by atoms with E-state index in [2.05, 4.69) is 0 Å². The third-order valence-corrected chi connectivity index (χ3v) is 3.79. The Labute approximate surface area is 133 Å². The van der Waals surface area contributed by atoms with E-state index in [-0.39, 0.29) is 6.04 Å². The number of hydrogen-bond donors (Lipinski definition) is 1. The average molecular weight is 331 g/mol. The first-order valence-corrected chi connectivity index (χ1v) is 7.26. The predicted octanol–water partition coefficient (Wildman–Crippen LogP) is 5.33. The van der Waals surface area contributed by atoms with E-state index in [1.165, 1.54) is 0 Å². The van der Waals surface area contributed by atoms with Crippen molar-refractivity contribution >= 4 is 34.8 Å². The molecule has 0 radical (unpaired) electrons. The van der Waals surface area contributed by atoms with Gasteiger partial charge in [-0.15, -0.1) is 0 Å². The van der Waals surface area contributed by atoms with Gasteiger partial charge in [-0.3, -0.25) is 0 Å². The maximum Gasteiger partial charge on any atom is 0.147 e. The van der Waals surface area contributed by atoms with Crippen LogP contribution >= 0.6 is 34.8 Å². The second-order valence-corrected chi connectivity index (χ2v) is 5.79. The van der Waals surface area contributed by atoms with Crippen LogP contribution in [0.1, 0.15) is 12.5 Å². The summed E-state index contributed by atoms with van der Waals surface area (Å²) in [4.78, 5) is 0. The Kier molecular flexibility index (Phi) is 5.17. The molecular formula is C15H14Cl3NO. The number of benzene rings is 2. The van der Waals surface area contributed by atoms with E-state index >= 15 is 0 Å². The topological polar surface area (TPSA) is 35.2 Å². The fourth-order valence-electron chi connectivity index (χ4n) is 1.81. The molecule has 1 unspecified atom stereocenters. The third kappa shape index (κ3) is 3.80. The summed E-state index contributed by atoms with van der Waals surface area (Å²) in [7, 11) is 0. The SMILES string of the molecule is CC(N)Cc1ccc(Oc2cccc(Cl)c2Cl)c(Cl)c1. The molecule has 0 aliphatic rings. The monoisotopic (exact) mass is 329 g/mol. The molecule has 0 fully saturated rings. The third-order valence-electron chi connectivity index (χ3n) is 2.69. The van der Waals surface area contributed by atoms with E-state index < -0.39 is 0 Å². The molecule has 0 saturated carbocycles. The van der Waals surface area contributed by atoms with Gasteiger partial charge in [0.15, 0.2) is 0 Å². The molecule has 2 aromatic rings. The molecule has 2 N–H and O–H groups in total. The highest BCUT2D eigenvalue weighted by molar-refractivity contribution is 6.43.